The van der Waals surface area contributed by atoms with Crippen molar-refractivity contribution in [2.75, 3.05) is 29.5 Å². The van der Waals surface area contributed by atoms with Gasteiger partial charge in [0.05, 0.1) is 24.8 Å². The molecule has 0 saturated heterocycles. The summed E-state index contributed by atoms with van der Waals surface area (Å²) in [6.45, 7) is 2.62. The Kier molecular flexibility index (Phi) is 7.54. The van der Waals surface area contributed by atoms with Gasteiger partial charge in [-0.2, -0.15) is 5.10 Å². The Bertz CT molecular complexity index is 1070. The lowest BCUT2D eigenvalue weighted by Crippen LogP contribution is -2.39. The fourth-order valence-corrected chi connectivity index (χ4v) is 3.48. The van der Waals surface area contributed by atoms with Crippen LogP contribution in [0.5, 0.6) is 5.75 Å². The van der Waals surface area contributed by atoms with E-state index in [9.17, 15) is 18.0 Å². The van der Waals surface area contributed by atoms with Gasteiger partial charge in [0.15, 0.2) is 0 Å². The van der Waals surface area contributed by atoms with E-state index in [2.05, 4.69) is 15.8 Å². The summed E-state index contributed by atoms with van der Waals surface area (Å²) in [6, 6.07) is 13.5. The topological polar surface area (TPSA) is 117 Å². The Balaban J connectivity index is 2.17. The third-order valence-corrected chi connectivity index (χ3v) is 5.12. The predicted octanol–water partition coefficient (Wildman–Crippen LogP) is 1.96. The fraction of sp³-hybridized carbons (Fsp3) is 0.250. The number of anilines is 2. The maximum absolute atomic E-state index is 12.4. The lowest BCUT2D eigenvalue weighted by molar-refractivity contribution is -0.119. The standard InChI is InChI=1S/C20H24N4O5S/c1-14(16-8-7-9-17(12-16)21-15(2)25)22-23-20(26)13-24(30(4,27)28)18-10-5-6-11-19(18)29-3/h5-12H,13H2,1-4H3,(H,21,25)(H,23,26)/b22-14-. The summed E-state index contributed by atoms with van der Waals surface area (Å²) < 4.78 is 30.6. The summed E-state index contributed by atoms with van der Waals surface area (Å²) in [5.74, 6) is -0.499. The number of amides is 2. The second kappa shape index (κ2) is 9.88. The molecule has 10 heteroatoms. The summed E-state index contributed by atoms with van der Waals surface area (Å²) in [5, 5.41) is 6.71. The molecule has 2 N–H and O–H groups in total. The van der Waals surface area contributed by atoms with E-state index < -0.39 is 22.5 Å². The molecule has 0 atom stereocenters. The number of hydrogen-bond donors (Lipinski definition) is 2. The Morgan fingerprint density at radius 2 is 1.80 bits per heavy atom. The van der Waals surface area contributed by atoms with Gasteiger partial charge in [-0.25, -0.2) is 13.8 Å². The van der Waals surface area contributed by atoms with E-state index in [1.54, 1.807) is 55.5 Å². The maximum Gasteiger partial charge on any atom is 0.260 e. The van der Waals surface area contributed by atoms with E-state index in [0.29, 0.717) is 22.7 Å². The van der Waals surface area contributed by atoms with E-state index in [0.717, 1.165) is 10.6 Å². The third kappa shape index (κ3) is 6.31. The molecular formula is C20H24N4O5S. The monoisotopic (exact) mass is 432 g/mol. The van der Waals surface area contributed by atoms with Crippen molar-refractivity contribution in [3.63, 3.8) is 0 Å². The molecule has 0 unspecified atom stereocenters. The zero-order valence-electron chi connectivity index (χ0n) is 17.2. The minimum Gasteiger partial charge on any atom is -0.495 e. The molecule has 0 bridgehead atoms. The molecule has 0 aromatic heterocycles. The van der Waals surface area contributed by atoms with Gasteiger partial charge in [-0.15, -0.1) is 0 Å². The molecule has 30 heavy (non-hydrogen) atoms. The number of carbonyl (C=O) groups excluding carboxylic acids is 2. The molecule has 160 valence electrons. The molecule has 0 spiro atoms. The van der Waals surface area contributed by atoms with E-state index >= 15 is 0 Å². The molecule has 2 aromatic carbocycles. The summed E-state index contributed by atoms with van der Waals surface area (Å²) in [5.41, 5.74) is 4.39. The van der Waals surface area contributed by atoms with E-state index in [1.165, 1.54) is 14.0 Å². The number of methoxy groups -OCH3 is 1. The van der Waals surface area contributed by atoms with Crippen molar-refractivity contribution in [2.24, 2.45) is 5.10 Å². The number of carbonyl (C=O) groups is 2. The summed E-state index contributed by atoms with van der Waals surface area (Å²) >= 11 is 0. The van der Waals surface area contributed by atoms with Crippen LogP contribution in [0.25, 0.3) is 0 Å². The van der Waals surface area contributed by atoms with Gasteiger partial charge in [-0.05, 0) is 36.8 Å². The number of nitrogens with one attached hydrogen (secondary N) is 2. The number of nitrogens with zero attached hydrogens (tertiary/aromatic N) is 2. The zero-order valence-corrected chi connectivity index (χ0v) is 18.0. The number of para-hydroxylation sites is 2. The average Bonchev–Trinajstić information content (AvgIpc) is 2.69. The van der Waals surface area contributed by atoms with Crippen LogP contribution >= 0.6 is 0 Å². The minimum absolute atomic E-state index is 0.202. The Labute approximate surface area is 175 Å². The van der Waals surface area contributed by atoms with Crippen molar-refractivity contribution in [1.82, 2.24) is 5.43 Å². The number of hydrazone groups is 1. The molecule has 2 amide bonds. The second-order valence-electron chi connectivity index (χ2n) is 6.44. The first-order valence-corrected chi connectivity index (χ1v) is 10.8. The highest BCUT2D eigenvalue weighted by Crippen LogP contribution is 2.29. The molecular weight excluding hydrogens is 408 g/mol. The number of ether oxygens (including phenoxy) is 1. The minimum atomic E-state index is -3.75. The summed E-state index contributed by atoms with van der Waals surface area (Å²) in [7, 11) is -2.33. The number of benzene rings is 2. The molecule has 0 aliphatic rings. The number of hydrogen-bond acceptors (Lipinski definition) is 6. The highest BCUT2D eigenvalue weighted by Gasteiger charge is 2.23. The molecule has 2 rings (SSSR count). The van der Waals surface area contributed by atoms with Crippen LogP contribution < -0.4 is 19.8 Å². The Hall–Kier alpha value is -3.40. The smallest absolute Gasteiger partial charge is 0.260 e. The first-order chi connectivity index (χ1) is 14.1. The van der Waals surface area contributed by atoms with Crippen LogP contribution in [0.3, 0.4) is 0 Å². The van der Waals surface area contributed by atoms with Gasteiger partial charge in [-0.1, -0.05) is 24.3 Å². The van der Waals surface area contributed by atoms with Gasteiger partial charge in [0, 0.05) is 12.6 Å². The van der Waals surface area contributed by atoms with Crippen LogP contribution in [-0.4, -0.2) is 45.9 Å². The van der Waals surface area contributed by atoms with Gasteiger partial charge in [0.2, 0.25) is 15.9 Å². The summed E-state index contributed by atoms with van der Waals surface area (Å²) in [4.78, 5) is 23.6. The second-order valence-corrected chi connectivity index (χ2v) is 8.34. The highest BCUT2D eigenvalue weighted by atomic mass is 32.2. The van der Waals surface area contributed by atoms with Crippen molar-refractivity contribution < 1.29 is 22.7 Å². The SMILES string of the molecule is COc1ccccc1N(CC(=O)N/N=C(/C)c1cccc(NC(C)=O)c1)S(C)(=O)=O. The van der Waals surface area contributed by atoms with Crippen LogP contribution in [0.2, 0.25) is 0 Å². The van der Waals surface area contributed by atoms with Crippen molar-refractivity contribution in [1.29, 1.82) is 0 Å². The van der Waals surface area contributed by atoms with Crippen molar-refractivity contribution in [3.8, 4) is 5.75 Å². The van der Waals surface area contributed by atoms with Crippen LogP contribution in [0.15, 0.2) is 53.6 Å². The van der Waals surface area contributed by atoms with Crippen molar-refractivity contribution in [3.05, 3.63) is 54.1 Å². The molecule has 2 aromatic rings. The molecule has 0 fully saturated rings. The molecule has 0 radical (unpaired) electrons. The average molecular weight is 433 g/mol. The highest BCUT2D eigenvalue weighted by molar-refractivity contribution is 7.92. The normalized spacial score (nSPS) is 11.5. The first kappa shape index (κ1) is 22.9. The van der Waals surface area contributed by atoms with Crippen LogP contribution in [0.1, 0.15) is 19.4 Å². The summed E-state index contributed by atoms with van der Waals surface area (Å²) in [6.07, 6.45) is 1.01. The van der Waals surface area contributed by atoms with Crippen LogP contribution in [0, 0.1) is 0 Å². The van der Waals surface area contributed by atoms with Gasteiger partial charge in [-0.3, -0.25) is 13.9 Å². The lowest BCUT2D eigenvalue weighted by Gasteiger charge is -2.23. The molecule has 9 nitrogen and oxygen atoms in total. The first-order valence-electron chi connectivity index (χ1n) is 8.93. The molecule has 0 aliphatic carbocycles. The Morgan fingerprint density at radius 3 is 2.43 bits per heavy atom. The van der Waals surface area contributed by atoms with Crippen LogP contribution in [-0.2, 0) is 19.6 Å². The third-order valence-electron chi connectivity index (χ3n) is 3.99. The van der Waals surface area contributed by atoms with Gasteiger partial charge >= 0.3 is 0 Å². The van der Waals surface area contributed by atoms with Gasteiger partial charge < -0.3 is 10.1 Å². The van der Waals surface area contributed by atoms with Crippen LogP contribution in [0.4, 0.5) is 11.4 Å². The quantitative estimate of drug-likeness (QED) is 0.488. The molecule has 0 aliphatic heterocycles. The van der Waals surface area contributed by atoms with Crippen molar-refractivity contribution >= 4 is 38.9 Å². The zero-order chi connectivity index (χ0) is 22.3. The molecule has 0 saturated carbocycles. The van der Waals surface area contributed by atoms with E-state index in [1.807, 2.05) is 0 Å². The molecule has 0 heterocycles. The largest absolute Gasteiger partial charge is 0.495 e. The maximum atomic E-state index is 12.4. The number of rotatable bonds is 8. The van der Waals surface area contributed by atoms with Gasteiger partial charge in [0.1, 0.15) is 12.3 Å². The predicted molar refractivity (Wildman–Crippen MR) is 116 cm³/mol. The van der Waals surface area contributed by atoms with Gasteiger partial charge in [0.25, 0.3) is 5.91 Å². The van der Waals surface area contributed by atoms with E-state index in [-0.39, 0.29) is 11.6 Å². The fourth-order valence-electron chi connectivity index (χ4n) is 2.62. The van der Waals surface area contributed by atoms with E-state index in [4.69, 9.17) is 4.74 Å². The lowest BCUT2D eigenvalue weighted by atomic mass is 10.1. The Morgan fingerprint density at radius 1 is 1.10 bits per heavy atom. The number of sulfonamides is 1. The van der Waals surface area contributed by atoms with Crippen molar-refractivity contribution in [2.45, 2.75) is 13.8 Å².